The summed E-state index contributed by atoms with van der Waals surface area (Å²) in [5.74, 6) is -0.0728. The minimum absolute atomic E-state index is 0.00917. The van der Waals surface area contributed by atoms with Crippen molar-refractivity contribution in [2.45, 2.75) is 18.5 Å². The fraction of sp³-hybridized carbons (Fsp3) is 0.300. The highest BCUT2D eigenvalue weighted by atomic mass is 16.3. The van der Waals surface area contributed by atoms with E-state index < -0.39 is 12.1 Å². The minimum atomic E-state index is -0.543. The summed E-state index contributed by atoms with van der Waals surface area (Å²) >= 11 is 0. The lowest BCUT2D eigenvalue weighted by atomic mass is 10.0. The van der Waals surface area contributed by atoms with Crippen LogP contribution in [0, 0.1) is 0 Å². The second-order valence-corrected chi connectivity index (χ2v) is 6.90. The van der Waals surface area contributed by atoms with Crippen LogP contribution in [0.1, 0.15) is 6.42 Å². The van der Waals surface area contributed by atoms with E-state index in [1.807, 2.05) is 30.3 Å². The van der Waals surface area contributed by atoms with Gasteiger partial charge in [-0.05, 0) is 30.7 Å². The van der Waals surface area contributed by atoms with Crippen LogP contribution in [0.4, 0.5) is 16.2 Å². The van der Waals surface area contributed by atoms with Crippen LogP contribution in [0.3, 0.4) is 0 Å². The molecule has 3 N–H and O–H groups in total. The standard InChI is InChI=1S/C20H22N4O3/c25-17-8-4-7-15(11-17)24-10-9-23(14-5-2-1-3-6-14)13-16(24)12-18-19(26)22-20(27)21-18/h1-8,11,16,18,25H,9-10,12-13H2,(H2,21,22,26,27). The first-order valence-corrected chi connectivity index (χ1v) is 9.07. The van der Waals surface area contributed by atoms with E-state index in [1.165, 1.54) is 0 Å². The van der Waals surface area contributed by atoms with E-state index in [1.54, 1.807) is 12.1 Å². The Morgan fingerprint density at radius 2 is 1.78 bits per heavy atom. The van der Waals surface area contributed by atoms with E-state index in [-0.39, 0.29) is 17.7 Å². The number of nitrogens with zero attached hydrogens (tertiary/aromatic N) is 2. The van der Waals surface area contributed by atoms with Gasteiger partial charge in [0.15, 0.2) is 0 Å². The Bertz CT molecular complexity index is 842. The van der Waals surface area contributed by atoms with Crippen molar-refractivity contribution in [3.63, 3.8) is 0 Å². The first kappa shape index (κ1) is 17.2. The fourth-order valence-electron chi connectivity index (χ4n) is 3.84. The first-order valence-electron chi connectivity index (χ1n) is 9.07. The summed E-state index contributed by atoms with van der Waals surface area (Å²) in [5.41, 5.74) is 2.05. The molecule has 2 fully saturated rings. The number of anilines is 2. The van der Waals surface area contributed by atoms with E-state index in [0.717, 1.165) is 31.0 Å². The summed E-state index contributed by atoms with van der Waals surface area (Å²) in [5, 5.41) is 14.9. The molecule has 4 rings (SSSR count). The summed E-state index contributed by atoms with van der Waals surface area (Å²) in [6.45, 7) is 2.31. The number of imide groups is 1. The van der Waals surface area contributed by atoms with Crippen molar-refractivity contribution in [2.75, 3.05) is 29.4 Å². The number of phenolic OH excluding ortho intramolecular Hbond substituents is 1. The Balaban J connectivity index is 1.58. The van der Waals surface area contributed by atoms with Crippen molar-refractivity contribution < 1.29 is 14.7 Å². The van der Waals surface area contributed by atoms with E-state index in [9.17, 15) is 14.7 Å². The Labute approximate surface area is 157 Å². The zero-order valence-electron chi connectivity index (χ0n) is 14.8. The molecule has 0 radical (unpaired) electrons. The number of piperazine rings is 1. The Kier molecular flexibility index (Phi) is 4.58. The number of hydrogen-bond acceptors (Lipinski definition) is 5. The van der Waals surface area contributed by atoms with Crippen LogP contribution in [-0.4, -0.2) is 48.8 Å². The van der Waals surface area contributed by atoms with E-state index >= 15 is 0 Å². The van der Waals surface area contributed by atoms with Crippen LogP contribution >= 0.6 is 0 Å². The number of rotatable bonds is 4. The van der Waals surface area contributed by atoms with Gasteiger partial charge in [-0.2, -0.15) is 0 Å². The van der Waals surface area contributed by atoms with Gasteiger partial charge in [-0.1, -0.05) is 24.3 Å². The third-order valence-electron chi connectivity index (χ3n) is 5.13. The molecule has 140 valence electrons. The lowest BCUT2D eigenvalue weighted by Crippen LogP contribution is -2.55. The first-order chi connectivity index (χ1) is 13.1. The van der Waals surface area contributed by atoms with Crippen LogP contribution in [-0.2, 0) is 4.79 Å². The third kappa shape index (κ3) is 3.67. The zero-order valence-corrected chi connectivity index (χ0v) is 14.8. The minimum Gasteiger partial charge on any atom is -0.508 e. The maximum Gasteiger partial charge on any atom is 0.322 e. The van der Waals surface area contributed by atoms with Gasteiger partial charge in [0, 0.05) is 43.1 Å². The highest BCUT2D eigenvalue weighted by molar-refractivity contribution is 6.04. The summed E-state index contributed by atoms with van der Waals surface area (Å²) in [7, 11) is 0. The molecule has 2 aromatic rings. The molecule has 0 aliphatic carbocycles. The molecule has 2 aromatic carbocycles. The maximum atomic E-state index is 12.0. The summed E-state index contributed by atoms with van der Waals surface area (Å²) in [6.07, 6.45) is 0.497. The van der Waals surface area contributed by atoms with Crippen LogP contribution in [0.25, 0.3) is 0 Å². The number of hydrogen-bond donors (Lipinski definition) is 3. The third-order valence-corrected chi connectivity index (χ3v) is 5.13. The lowest BCUT2D eigenvalue weighted by molar-refractivity contribution is -0.120. The highest BCUT2D eigenvalue weighted by Gasteiger charge is 2.36. The average molecular weight is 366 g/mol. The topological polar surface area (TPSA) is 84.9 Å². The Hall–Kier alpha value is -3.22. The second kappa shape index (κ2) is 7.19. The molecule has 2 unspecified atom stereocenters. The Morgan fingerprint density at radius 1 is 1.00 bits per heavy atom. The van der Waals surface area contributed by atoms with Crippen LogP contribution in [0.5, 0.6) is 5.75 Å². The van der Waals surface area contributed by atoms with Gasteiger partial charge < -0.3 is 20.2 Å². The van der Waals surface area contributed by atoms with Gasteiger partial charge in [-0.25, -0.2) is 4.79 Å². The average Bonchev–Trinajstić information content (AvgIpc) is 2.99. The molecular formula is C20H22N4O3. The van der Waals surface area contributed by atoms with Crippen molar-refractivity contribution in [3.8, 4) is 5.75 Å². The van der Waals surface area contributed by atoms with Crippen LogP contribution < -0.4 is 20.4 Å². The van der Waals surface area contributed by atoms with Crippen molar-refractivity contribution in [1.82, 2.24) is 10.6 Å². The molecule has 2 aliphatic heterocycles. The molecule has 2 aliphatic rings. The molecule has 3 amide bonds. The summed E-state index contributed by atoms with van der Waals surface area (Å²) < 4.78 is 0. The van der Waals surface area contributed by atoms with Crippen LogP contribution in [0.15, 0.2) is 54.6 Å². The highest BCUT2D eigenvalue weighted by Crippen LogP contribution is 2.28. The summed E-state index contributed by atoms with van der Waals surface area (Å²) in [6, 6.07) is 16.3. The van der Waals surface area contributed by atoms with Gasteiger partial charge in [-0.15, -0.1) is 0 Å². The van der Waals surface area contributed by atoms with Gasteiger partial charge in [0.25, 0.3) is 5.91 Å². The van der Waals surface area contributed by atoms with E-state index in [4.69, 9.17) is 0 Å². The van der Waals surface area contributed by atoms with Crippen molar-refractivity contribution in [2.24, 2.45) is 0 Å². The number of carbonyl (C=O) groups is 2. The number of amides is 3. The number of urea groups is 1. The second-order valence-electron chi connectivity index (χ2n) is 6.90. The smallest absolute Gasteiger partial charge is 0.322 e. The quantitative estimate of drug-likeness (QED) is 0.717. The molecule has 2 saturated heterocycles. The molecule has 27 heavy (non-hydrogen) atoms. The molecule has 0 aromatic heterocycles. The number of carbonyl (C=O) groups excluding carboxylic acids is 2. The molecular weight excluding hydrogens is 344 g/mol. The maximum absolute atomic E-state index is 12.0. The molecule has 2 atom stereocenters. The fourth-order valence-corrected chi connectivity index (χ4v) is 3.84. The predicted octanol–water partition coefficient (Wildman–Crippen LogP) is 1.69. The van der Waals surface area contributed by atoms with Gasteiger partial charge in [0.05, 0.1) is 0 Å². The van der Waals surface area contributed by atoms with Gasteiger partial charge >= 0.3 is 6.03 Å². The van der Waals surface area contributed by atoms with E-state index in [0.29, 0.717) is 6.42 Å². The van der Waals surface area contributed by atoms with E-state index in [2.05, 4.69) is 32.6 Å². The van der Waals surface area contributed by atoms with Crippen LogP contribution in [0.2, 0.25) is 0 Å². The number of aromatic hydroxyl groups is 1. The van der Waals surface area contributed by atoms with Crippen molar-refractivity contribution >= 4 is 23.3 Å². The largest absolute Gasteiger partial charge is 0.508 e. The Morgan fingerprint density at radius 3 is 2.48 bits per heavy atom. The molecule has 0 bridgehead atoms. The van der Waals surface area contributed by atoms with Crippen molar-refractivity contribution in [1.29, 1.82) is 0 Å². The molecule has 0 saturated carbocycles. The number of phenols is 1. The van der Waals surface area contributed by atoms with Gasteiger partial charge in [0.2, 0.25) is 0 Å². The normalized spacial score (nSPS) is 22.5. The molecule has 2 heterocycles. The number of para-hydroxylation sites is 1. The summed E-state index contributed by atoms with van der Waals surface area (Å²) in [4.78, 5) is 28.0. The zero-order chi connectivity index (χ0) is 18.8. The van der Waals surface area contributed by atoms with Gasteiger partial charge in [0.1, 0.15) is 11.8 Å². The number of nitrogens with one attached hydrogen (secondary N) is 2. The predicted molar refractivity (Wildman–Crippen MR) is 103 cm³/mol. The SMILES string of the molecule is O=C1NC(=O)C(CC2CN(c3ccccc3)CCN2c2cccc(O)c2)N1. The molecule has 7 heteroatoms. The van der Waals surface area contributed by atoms with Gasteiger partial charge in [-0.3, -0.25) is 10.1 Å². The monoisotopic (exact) mass is 366 g/mol. The number of benzene rings is 2. The lowest BCUT2D eigenvalue weighted by Gasteiger charge is -2.44. The molecule has 7 nitrogen and oxygen atoms in total. The molecule has 0 spiro atoms. The van der Waals surface area contributed by atoms with Crippen molar-refractivity contribution in [3.05, 3.63) is 54.6 Å².